The lowest BCUT2D eigenvalue weighted by molar-refractivity contribution is 0.0477. The second-order valence-electron chi connectivity index (χ2n) is 8.37. The van der Waals surface area contributed by atoms with Gasteiger partial charge in [-0.25, -0.2) is 9.59 Å². The fourth-order valence-electron chi connectivity index (χ4n) is 3.50. The lowest BCUT2D eigenvalue weighted by Gasteiger charge is -2.33. The largest absolute Gasteiger partial charge is 0.508 e. The summed E-state index contributed by atoms with van der Waals surface area (Å²) in [7, 11) is 0. The number of nitrogens with one attached hydrogen (secondary N) is 1. The van der Waals surface area contributed by atoms with Gasteiger partial charge < -0.3 is 19.6 Å². The third-order valence-corrected chi connectivity index (χ3v) is 4.92. The molecule has 3 rings (SSSR count). The highest BCUT2D eigenvalue weighted by molar-refractivity contribution is 5.84. The fraction of sp³-hybridized carbons (Fsp3) is 0.524. The van der Waals surface area contributed by atoms with Gasteiger partial charge in [0.05, 0.1) is 0 Å². The number of carbonyl (C=O) groups is 1. The normalized spacial score (nSPS) is 16.3. The van der Waals surface area contributed by atoms with Gasteiger partial charge in [-0.2, -0.15) is 0 Å². The van der Waals surface area contributed by atoms with Crippen LogP contribution in [0.1, 0.15) is 44.7 Å². The van der Waals surface area contributed by atoms with Gasteiger partial charge in [0.25, 0.3) is 0 Å². The van der Waals surface area contributed by atoms with E-state index in [-0.39, 0.29) is 17.9 Å². The van der Waals surface area contributed by atoms with E-state index in [0.29, 0.717) is 17.7 Å². The van der Waals surface area contributed by atoms with E-state index < -0.39 is 11.2 Å². The molecule has 1 fully saturated rings. The number of piperidine rings is 1. The molecular weight excluding hydrogens is 360 g/mol. The number of aryl methyl sites for hydroxylation is 1. The summed E-state index contributed by atoms with van der Waals surface area (Å²) < 4.78 is 10.6. The van der Waals surface area contributed by atoms with Crippen molar-refractivity contribution in [2.45, 2.75) is 58.7 Å². The standard InChI is InChI=1S/C21H28N2O5/c1-13-17(24)6-5-16-14(11-18(25)27-19(13)16)12-23-9-7-15(8-10-23)22-20(26)28-21(2,3)4/h5-6,11,15,24H,7-10,12H2,1-4H3,(H,22,26). The summed E-state index contributed by atoms with van der Waals surface area (Å²) in [6.45, 7) is 9.49. The van der Waals surface area contributed by atoms with Crippen LogP contribution in [0.2, 0.25) is 0 Å². The number of amides is 1. The maximum atomic E-state index is 12.0. The van der Waals surface area contributed by atoms with Crippen molar-refractivity contribution in [1.29, 1.82) is 0 Å². The molecule has 1 aromatic heterocycles. The zero-order chi connectivity index (χ0) is 20.5. The first-order valence-corrected chi connectivity index (χ1v) is 9.59. The van der Waals surface area contributed by atoms with Crippen molar-refractivity contribution in [1.82, 2.24) is 10.2 Å². The van der Waals surface area contributed by atoms with Crippen molar-refractivity contribution < 1.29 is 19.1 Å². The number of rotatable bonds is 3. The van der Waals surface area contributed by atoms with E-state index >= 15 is 0 Å². The first-order valence-electron chi connectivity index (χ1n) is 9.59. The Labute approximate surface area is 164 Å². The molecule has 2 heterocycles. The summed E-state index contributed by atoms with van der Waals surface area (Å²) in [5.41, 5.74) is 0.957. The van der Waals surface area contributed by atoms with Crippen LogP contribution in [0, 0.1) is 6.92 Å². The lowest BCUT2D eigenvalue weighted by Crippen LogP contribution is -2.45. The topological polar surface area (TPSA) is 92.0 Å². The first-order chi connectivity index (χ1) is 13.1. The molecular formula is C21H28N2O5. The van der Waals surface area contributed by atoms with E-state index in [4.69, 9.17) is 9.15 Å². The quantitative estimate of drug-likeness (QED) is 0.784. The van der Waals surface area contributed by atoms with Crippen LogP contribution in [0.3, 0.4) is 0 Å². The van der Waals surface area contributed by atoms with Crippen molar-refractivity contribution in [3.05, 3.63) is 39.7 Å². The van der Waals surface area contributed by atoms with Gasteiger partial charge in [0, 0.05) is 42.7 Å². The third kappa shape index (κ3) is 4.84. The maximum absolute atomic E-state index is 12.0. The Morgan fingerprint density at radius 3 is 2.64 bits per heavy atom. The molecule has 0 radical (unpaired) electrons. The van der Waals surface area contributed by atoms with Crippen molar-refractivity contribution in [3.8, 4) is 5.75 Å². The molecule has 0 atom stereocenters. The summed E-state index contributed by atoms with van der Waals surface area (Å²) in [6, 6.07) is 5.01. The smallest absolute Gasteiger partial charge is 0.407 e. The number of benzene rings is 1. The number of ether oxygens (including phenoxy) is 1. The Balaban J connectivity index is 1.65. The molecule has 0 bridgehead atoms. The van der Waals surface area contributed by atoms with Gasteiger partial charge in [0.15, 0.2) is 0 Å². The molecule has 2 aromatic rings. The highest BCUT2D eigenvalue weighted by Gasteiger charge is 2.24. The summed E-state index contributed by atoms with van der Waals surface area (Å²) in [5.74, 6) is 0.113. The maximum Gasteiger partial charge on any atom is 0.407 e. The van der Waals surface area contributed by atoms with Crippen LogP contribution in [0.15, 0.2) is 27.4 Å². The summed E-state index contributed by atoms with van der Waals surface area (Å²) in [6.07, 6.45) is 1.25. The Kier molecular flexibility index (Phi) is 5.65. The van der Waals surface area contributed by atoms with Gasteiger partial charge in [-0.15, -0.1) is 0 Å². The SMILES string of the molecule is Cc1c(O)ccc2c(CN3CCC(NC(=O)OC(C)(C)C)CC3)cc(=O)oc12. The van der Waals surface area contributed by atoms with Crippen LogP contribution in [-0.2, 0) is 11.3 Å². The van der Waals surface area contributed by atoms with Gasteiger partial charge in [-0.3, -0.25) is 4.90 Å². The minimum atomic E-state index is -0.507. The molecule has 152 valence electrons. The molecule has 0 spiro atoms. The molecule has 0 unspecified atom stereocenters. The molecule has 0 saturated carbocycles. The van der Waals surface area contributed by atoms with Crippen LogP contribution in [0.5, 0.6) is 5.75 Å². The molecule has 1 amide bonds. The average Bonchev–Trinajstić information content (AvgIpc) is 2.58. The molecule has 7 heteroatoms. The summed E-state index contributed by atoms with van der Waals surface area (Å²) in [4.78, 5) is 26.2. The van der Waals surface area contributed by atoms with Gasteiger partial charge in [-0.05, 0) is 58.2 Å². The molecule has 1 aliphatic rings. The second-order valence-corrected chi connectivity index (χ2v) is 8.37. The molecule has 28 heavy (non-hydrogen) atoms. The van der Waals surface area contributed by atoms with Crippen LogP contribution < -0.4 is 10.9 Å². The molecule has 0 aliphatic carbocycles. The minimum Gasteiger partial charge on any atom is -0.508 e. The van der Waals surface area contributed by atoms with Gasteiger partial charge in [-0.1, -0.05) is 0 Å². The predicted molar refractivity (Wildman–Crippen MR) is 107 cm³/mol. The van der Waals surface area contributed by atoms with Crippen LogP contribution in [0.4, 0.5) is 4.79 Å². The van der Waals surface area contributed by atoms with Gasteiger partial charge in [0.1, 0.15) is 16.9 Å². The number of carbonyl (C=O) groups excluding carboxylic acids is 1. The monoisotopic (exact) mass is 388 g/mol. The van der Waals surface area contributed by atoms with E-state index in [2.05, 4.69) is 10.2 Å². The molecule has 2 N–H and O–H groups in total. The number of aromatic hydroxyl groups is 1. The minimum absolute atomic E-state index is 0.0860. The van der Waals surface area contributed by atoms with E-state index in [1.165, 1.54) is 6.07 Å². The van der Waals surface area contributed by atoms with E-state index in [1.807, 2.05) is 20.8 Å². The third-order valence-electron chi connectivity index (χ3n) is 4.92. The van der Waals surface area contributed by atoms with Crippen LogP contribution in [0.25, 0.3) is 11.0 Å². The second kappa shape index (κ2) is 7.83. The Hall–Kier alpha value is -2.54. The number of nitrogens with zero attached hydrogens (tertiary/aromatic N) is 1. The van der Waals surface area contributed by atoms with Crippen molar-refractivity contribution in [3.63, 3.8) is 0 Å². The predicted octanol–water partition coefficient (Wildman–Crippen LogP) is 3.30. The first kappa shape index (κ1) is 20.2. The number of phenolic OH excluding ortho intramolecular Hbond substituents is 1. The number of alkyl carbamates (subject to hydrolysis) is 1. The van der Waals surface area contributed by atoms with Gasteiger partial charge >= 0.3 is 11.7 Å². The molecule has 7 nitrogen and oxygen atoms in total. The Bertz CT molecular complexity index is 921. The number of hydrogen-bond donors (Lipinski definition) is 2. The lowest BCUT2D eigenvalue weighted by atomic mass is 10.0. The zero-order valence-electron chi connectivity index (χ0n) is 16.9. The van der Waals surface area contributed by atoms with Crippen LogP contribution >= 0.6 is 0 Å². The average molecular weight is 388 g/mol. The number of fused-ring (bicyclic) bond motifs is 1. The Morgan fingerprint density at radius 2 is 2.00 bits per heavy atom. The fourth-order valence-corrected chi connectivity index (χ4v) is 3.50. The molecule has 1 aliphatic heterocycles. The van der Waals surface area contributed by atoms with Crippen molar-refractivity contribution >= 4 is 17.1 Å². The van der Waals surface area contributed by atoms with E-state index in [1.54, 1.807) is 19.1 Å². The molecule has 1 saturated heterocycles. The summed E-state index contributed by atoms with van der Waals surface area (Å²) >= 11 is 0. The van der Waals surface area contributed by atoms with E-state index in [9.17, 15) is 14.7 Å². The van der Waals surface area contributed by atoms with Crippen molar-refractivity contribution in [2.75, 3.05) is 13.1 Å². The summed E-state index contributed by atoms with van der Waals surface area (Å²) in [5, 5.41) is 13.6. The van der Waals surface area contributed by atoms with Crippen molar-refractivity contribution in [2.24, 2.45) is 0 Å². The number of phenols is 1. The zero-order valence-corrected chi connectivity index (χ0v) is 16.9. The molecule has 1 aromatic carbocycles. The van der Waals surface area contributed by atoms with Crippen LogP contribution in [-0.4, -0.2) is 40.8 Å². The highest BCUT2D eigenvalue weighted by atomic mass is 16.6. The highest BCUT2D eigenvalue weighted by Crippen LogP contribution is 2.28. The Morgan fingerprint density at radius 1 is 1.32 bits per heavy atom. The number of likely N-dealkylation sites (tertiary alicyclic amines) is 1. The van der Waals surface area contributed by atoms with Gasteiger partial charge in [0.2, 0.25) is 0 Å². The van der Waals surface area contributed by atoms with E-state index in [0.717, 1.165) is 36.9 Å². The number of hydrogen-bond acceptors (Lipinski definition) is 6.